The molecule has 0 fully saturated rings. The normalized spacial score (nSPS) is 27.6. The van der Waals surface area contributed by atoms with E-state index in [9.17, 15) is 0 Å². The van der Waals surface area contributed by atoms with Gasteiger partial charge in [-0.25, -0.2) is 4.39 Å². The number of rotatable bonds is 2. The summed E-state index contributed by atoms with van der Waals surface area (Å²) in [5.41, 5.74) is 7.69. The smallest absolute Gasteiger partial charge is 0.134 e. The van der Waals surface area contributed by atoms with E-state index in [1.807, 2.05) is 18.2 Å². The van der Waals surface area contributed by atoms with Gasteiger partial charge in [-0.05, 0) is 73.4 Å². The average Bonchev–Trinajstić information content (AvgIpc) is 2.92. The predicted molar refractivity (Wildman–Crippen MR) is 106 cm³/mol. The Labute approximate surface area is 155 Å². The minimum absolute atomic E-state index is 0.126. The summed E-state index contributed by atoms with van der Waals surface area (Å²) in [5, 5.41) is 0. The second-order valence-corrected chi connectivity index (χ2v) is 7.78. The van der Waals surface area contributed by atoms with Crippen molar-refractivity contribution in [3.8, 4) is 0 Å². The van der Waals surface area contributed by atoms with Crippen molar-refractivity contribution in [3.05, 3.63) is 100 Å². The highest BCUT2D eigenvalue weighted by molar-refractivity contribution is 5.47. The van der Waals surface area contributed by atoms with Crippen molar-refractivity contribution in [2.24, 2.45) is 5.92 Å². The van der Waals surface area contributed by atoms with Crippen LogP contribution >= 0.6 is 0 Å². The van der Waals surface area contributed by atoms with Crippen LogP contribution in [0.25, 0.3) is 0 Å². The molecule has 1 heteroatoms. The van der Waals surface area contributed by atoms with Gasteiger partial charge in [0.2, 0.25) is 0 Å². The van der Waals surface area contributed by atoms with Gasteiger partial charge in [-0.1, -0.05) is 60.2 Å². The molecule has 0 N–H and O–H groups in total. The molecule has 2 aromatic rings. The van der Waals surface area contributed by atoms with Crippen molar-refractivity contribution in [1.82, 2.24) is 0 Å². The van der Waals surface area contributed by atoms with Crippen LogP contribution in [0.4, 0.5) is 4.39 Å². The van der Waals surface area contributed by atoms with Crippen molar-refractivity contribution in [1.29, 1.82) is 0 Å². The summed E-state index contributed by atoms with van der Waals surface area (Å²) in [7, 11) is 0. The molecule has 0 bridgehead atoms. The van der Waals surface area contributed by atoms with E-state index in [1.54, 1.807) is 6.92 Å². The van der Waals surface area contributed by atoms with Gasteiger partial charge in [-0.15, -0.1) is 5.73 Å². The first-order valence-electron chi connectivity index (χ1n) is 9.52. The Kier molecular flexibility index (Phi) is 4.42. The summed E-state index contributed by atoms with van der Waals surface area (Å²) >= 11 is 0. The minimum Gasteiger partial charge on any atom is -0.239 e. The molecule has 2 aliphatic carbocycles. The third kappa shape index (κ3) is 3.08. The molecule has 26 heavy (non-hydrogen) atoms. The number of halogens is 1. The van der Waals surface area contributed by atoms with E-state index in [1.165, 1.54) is 16.7 Å². The quantitative estimate of drug-likeness (QED) is 0.528. The molecule has 0 radical (unpaired) electrons. The summed E-state index contributed by atoms with van der Waals surface area (Å²) < 4.78 is 15.7. The second-order valence-electron chi connectivity index (χ2n) is 7.78. The Balaban J connectivity index is 1.90. The summed E-state index contributed by atoms with van der Waals surface area (Å²) in [6.07, 6.45) is 8.95. The highest BCUT2D eigenvalue weighted by Crippen LogP contribution is 2.52. The topological polar surface area (TPSA) is 0 Å². The van der Waals surface area contributed by atoms with Crippen LogP contribution in [0.1, 0.15) is 54.4 Å². The average molecular weight is 344 g/mol. The number of aryl methyl sites for hydroxylation is 1. The molecule has 132 valence electrons. The lowest BCUT2D eigenvalue weighted by atomic mass is 9.64. The van der Waals surface area contributed by atoms with Crippen molar-refractivity contribution in [2.75, 3.05) is 0 Å². The highest BCUT2D eigenvalue weighted by atomic mass is 19.1. The number of allylic oxidation sites excluding steroid dienone is 3. The summed E-state index contributed by atoms with van der Waals surface area (Å²) in [4.78, 5) is 0. The first-order valence-corrected chi connectivity index (χ1v) is 9.52. The monoisotopic (exact) mass is 344 g/mol. The number of hydrogen-bond acceptors (Lipinski definition) is 0. The molecule has 0 nitrogen and oxygen atoms in total. The first-order chi connectivity index (χ1) is 12.6. The van der Waals surface area contributed by atoms with E-state index < -0.39 is 5.67 Å². The van der Waals surface area contributed by atoms with Crippen LogP contribution in [0.15, 0.2) is 78.1 Å². The molecule has 4 rings (SSSR count). The molecule has 0 aliphatic heterocycles. The fourth-order valence-corrected chi connectivity index (χ4v) is 4.49. The van der Waals surface area contributed by atoms with Gasteiger partial charge in [0.25, 0.3) is 0 Å². The van der Waals surface area contributed by atoms with Crippen LogP contribution in [0.5, 0.6) is 0 Å². The van der Waals surface area contributed by atoms with E-state index in [2.05, 4.69) is 61.2 Å². The number of fused-ring (bicyclic) bond motifs is 1. The highest BCUT2D eigenvalue weighted by Gasteiger charge is 2.43. The standard InChI is InChI=1S/C25H25F/c1-18-13-15-20(16-14-18)24-21-11-7-8-12-23(21)25(2,26)17-22(24)19-9-5-3-4-6-10-19/h3,7-16,22,24H,4,6,17H2,1-2H3. The molecular formula is C25H25F. The molecule has 2 aliphatic rings. The van der Waals surface area contributed by atoms with Gasteiger partial charge in [0, 0.05) is 5.92 Å². The van der Waals surface area contributed by atoms with Gasteiger partial charge in [-0.3, -0.25) is 0 Å². The van der Waals surface area contributed by atoms with E-state index >= 15 is 4.39 Å². The molecule has 3 unspecified atom stereocenters. The Hall–Kier alpha value is -2.37. The summed E-state index contributed by atoms with van der Waals surface area (Å²) in [5.74, 6) is 0.305. The lowest BCUT2D eigenvalue weighted by Gasteiger charge is -2.41. The maximum atomic E-state index is 15.7. The predicted octanol–water partition coefficient (Wildman–Crippen LogP) is 6.76. The van der Waals surface area contributed by atoms with Crippen LogP contribution in [0.3, 0.4) is 0 Å². The first kappa shape index (κ1) is 17.1. The maximum absolute atomic E-state index is 15.7. The van der Waals surface area contributed by atoms with Crippen LogP contribution in [0.2, 0.25) is 0 Å². The number of hydrogen-bond donors (Lipinski definition) is 0. The zero-order chi connectivity index (χ0) is 18.1. The van der Waals surface area contributed by atoms with E-state index in [0.717, 1.165) is 24.0 Å². The van der Waals surface area contributed by atoms with Crippen molar-refractivity contribution in [2.45, 2.75) is 44.7 Å². The third-order valence-electron chi connectivity index (χ3n) is 5.79. The lowest BCUT2D eigenvalue weighted by molar-refractivity contribution is 0.134. The van der Waals surface area contributed by atoms with Crippen LogP contribution in [-0.4, -0.2) is 0 Å². The molecule has 3 atom stereocenters. The zero-order valence-corrected chi connectivity index (χ0v) is 15.5. The SMILES string of the molecule is Cc1ccc(C2c3ccccc3C(C)(F)CC2C2=CCCC=C=C2)cc1. The molecule has 0 saturated carbocycles. The summed E-state index contributed by atoms with van der Waals surface area (Å²) in [6.45, 7) is 3.84. The van der Waals surface area contributed by atoms with Crippen molar-refractivity contribution in [3.63, 3.8) is 0 Å². The van der Waals surface area contributed by atoms with Gasteiger partial charge >= 0.3 is 0 Å². The fraction of sp³-hybridized carbons (Fsp3) is 0.320. The largest absolute Gasteiger partial charge is 0.239 e. The van der Waals surface area contributed by atoms with Crippen molar-refractivity contribution < 1.29 is 4.39 Å². The van der Waals surface area contributed by atoms with Gasteiger partial charge in [0.05, 0.1) is 0 Å². The van der Waals surface area contributed by atoms with Gasteiger partial charge in [0.1, 0.15) is 5.67 Å². The second kappa shape index (κ2) is 6.74. The summed E-state index contributed by atoms with van der Waals surface area (Å²) in [6, 6.07) is 16.8. The van der Waals surface area contributed by atoms with Gasteiger partial charge < -0.3 is 0 Å². The lowest BCUT2D eigenvalue weighted by Crippen LogP contribution is -2.33. The van der Waals surface area contributed by atoms with Gasteiger partial charge in [-0.2, -0.15) is 0 Å². The number of benzene rings is 2. The van der Waals surface area contributed by atoms with E-state index in [4.69, 9.17) is 0 Å². The molecule has 0 amide bonds. The molecular weight excluding hydrogens is 319 g/mol. The fourth-order valence-electron chi connectivity index (χ4n) is 4.49. The molecule has 0 saturated heterocycles. The molecule has 2 aromatic carbocycles. The van der Waals surface area contributed by atoms with Crippen LogP contribution in [-0.2, 0) is 5.67 Å². The van der Waals surface area contributed by atoms with E-state index in [0.29, 0.717) is 6.42 Å². The molecule has 0 aromatic heterocycles. The Morgan fingerprint density at radius 3 is 2.62 bits per heavy atom. The Morgan fingerprint density at radius 2 is 1.81 bits per heavy atom. The Bertz CT molecular complexity index is 892. The molecule has 0 spiro atoms. The van der Waals surface area contributed by atoms with Crippen molar-refractivity contribution >= 4 is 0 Å². The maximum Gasteiger partial charge on any atom is 0.134 e. The molecule has 0 heterocycles. The van der Waals surface area contributed by atoms with E-state index in [-0.39, 0.29) is 11.8 Å². The van der Waals surface area contributed by atoms with Gasteiger partial charge in [0.15, 0.2) is 0 Å². The Morgan fingerprint density at radius 1 is 1.04 bits per heavy atom. The number of alkyl halides is 1. The van der Waals surface area contributed by atoms with Crippen LogP contribution in [0, 0.1) is 12.8 Å². The zero-order valence-electron chi connectivity index (χ0n) is 15.5. The third-order valence-corrected chi connectivity index (χ3v) is 5.79. The van der Waals surface area contributed by atoms with Crippen LogP contribution < -0.4 is 0 Å². The minimum atomic E-state index is -1.31.